The van der Waals surface area contributed by atoms with Crippen molar-refractivity contribution in [2.24, 2.45) is 0 Å². The highest BCUT2D eigenvalue weighted by Crippen LogP contribution is 2.12. The van der Waals surface area contributed by atoms with Crippen LogP contribution in [0.5, 0.6) is 0 Å². The summed E-state index contributed by atoms with van der Waals surface area (Å²) < 4.78 is 0. The smallest absolute Gasteiger partial charge is 0.0167 e. The molecule has 0 fully saturated rings. The van der Waals surface area contributed by atoms with Crippen LogP contribution in [0.25, 0.3) is 0 Å². The number of benzene rings is 1. The molecule has 1 N–H and O–H groups in total. The van der Waals surface area contributed by atoms with Gasteiger partial charge in [0.1, 0.15) is 0 Å². The largest absolute Gasteiger partial charge is 0.309 e. The van der Waals surface area contributed by atoms with Crippen LogP contribution in [-0.2, 0) is 6.42 Å². The quantitative estimate of drug-likeness (QED) is 0.771. The fourth-order valence-electron chi connectivity index (χ4n) is 1.94. The van der Waals surface area contributed by atoms with Gasteiger partial charge in [-0.25, -0.2) is 0 Å². The molecule has 0 radical (unpaired) electrons. The van der Waals surface area contributed by atoms with Gasteiger partial charge in [-0.1, -0.05) is 44.2 Å². The summed E-state index contributed by atoms with van der Waals surface area (Å²) in [6.45, 7) is 8.87. The lowest BCUT2D eigenvalue weighted by Crippen LogP contribution is -2.45. The van der Waals surface area contributed by atoms with E-state index in [-0.39, 0.29) is 5.54 Å². The Balaban J connectivity index is 2.59. The molecule has 14 heavy (non-hydrogen) atoms. The van der Waals surface area contributed by atoms with E-state index in [4.69, 9.17) is 0 Å². The summed E-state index contributed by atoms with van der Waals surface area (Å²) in [6, 6.07) is 11.2. The van der Waals surface area contributed by atoms with Crippen molar-refractivity contribution in [2.75, 3.05) is 0 Å². The molecule has 1 aromatic carbocycles. The molecule has 1 nitrogen and oxygen atoms in total. The third kappa shape index (κ3) is 3.93. The summed E-state index contributed by atoms with van der Waals surface area (Å²) in [5.41, 5.74) is 1.57. The molecule has 0 heterocycles. The summed E-state index contributed by atoms with van der Waals surface area (Å²) in [6.07, 6.45) is 1.08. The van der Waals surface area contributed by atoms with Crippen molar-refractivity contribution < 1.29 is 0 Å². The van der Waals surface area contributed by atoms with Gasteiger partial charge in [0, 0.05) is 11.6 Å². The van der Waals surface area contributed by atoms with Gasteiger partial charge in [0.25, 0.3) is 0 Å². The monoisotopic (exact) mass is 191 g/mol. The average Bonchev–Trinajstić information content (AvgIpc) is 2.02. The van der Waals surface area contributed by atoms with Crippen LogP contribution in [-0.4, -0.2) is 11.6 Å². The Morgan fingerprint density at radius 2 is 1.71 bits per heavy atom. The van der Waals surface area contributed by atoms with Crippen LogP contribution in [0, 0.1) is 0 Å². The van der Waals surface area contributed by atoms with Crippen LogP contribution in [0.1, 0.15) is 33.3 Å². The molecule has 0 unspecified atom stereocenters. The molecular formula is C13H21N. The Bertz CT molecular complexity index is 262. The molecule has 0 aliphatic rings. The maximum Gasteiger partial charge on any atom is 0.0167 e. The first-order valence-corrected chi connectivity index (χ1v) is 5.31. The molecule has 0 bridgehead atoms. The first kappa shape index (κ1) is 11.3. The number of rotatable bonds is 4. The summed E-state index contributed by atoms with van der Waals surface area (Å²) >= 11 is 0. The molecule has 0 atom stereocenters. The third-order valence-corrected chi connectivity index (χ3v) is 2.17. The van der Waals surface area contributed by atoms with Gasteiger partial charge in [-0.05, 0) is 25.8 Å². The molecule has 1 rings (SSSR count). The maximum atomic E-state index is 3.57. The van der Waals surface area contributed by atoms with Gasteiger partial charge in [0.15, 0.2) is 0 Å². The SMILES string of the molecule is CC(C)NC(C)(C)Cc1ccccc1. The Morgan fingerprint density at radius 1 is 1.14 bits per heavy atom. The van der Waals surface area contributed by atoms with Gasteiger partial charge in [-0.3, -0.25) is 0 Å². The Hall–Kier alpha value is -0.820. The molecule has 0 saturated heterocycles. The lowest BCUT2D eigenvalue weighted by molar-refractivity contribution is 0.353. The number of nitrogens with one attached hydrogen (secondary N) is 1. The standard InChI is InChI=1S/C13H21N/c1-11(2)14-13(3,4)10-12-8-6-5-7-9-12/h5-9,11,14H,10H2,1-4H3. The van der Waals surface area contributed by atoms with Crippen molar-refractivity contribution in [3.05, 3.63) is 35.9 Å². The summed E-state index contributed by atoms with van der Waals surface area (Å²) in [5.74, 6) is 0. The first-order chi connectivity index (χ1) is 6.49. The molecule has 1 aromatic rings. The Labute approximate surface area is 87.5 Å². The maximum absolute atomic E-state index is 3.57. The van der Waals surface area contributed by atoms with Crippen LogP contribution in [0.15, 0.2) is 30.3 Å². The van der Waals surface area contributed by atoms with Crippen LogP contribution < -0.4 is 5.32 Å². The number of hydrogen-bond acceptors (Lipinski definition) is 1. The average molecular weight is 191 g/mol. The zero-order chi connectivity index (χ0) is 10.6. The van der Waals surface area contributed by atoms with E-state index in [1.807, 2.05) is 0 Å². The van der Waals surface area contributed by atoms with Crippen LogP contribution in [0.4, 0.5) is 0 Å². The van der Waals surface area contributed by atoms with Gasteiger partial charge in [0.05, 0.1) is 0 Å². The highest BCUT2D eigenvalue weighted by molar-refractivity contribution is 5.17. The fraction of sp³-hybridized carbons (Fsp3) is 0.538. The highest BCUT2D eigenvalue weighted by atomic mass is 15.0. The molecule has 0 amide bonds. The molecule has 0 aliphatic heterocycles. The molecule has 0 saturated carbocycles. The van der Waals surface area contributed by atoms with Crippen molar-refractivity contribution in [3.63, 3.8) is 0 Å². The predicted octanol–water partition coefficient (Wildman–Crippen LogP) is 3.01. The minimum absolute atomic E-state index is 0.176. The van der Waals surface area contributed by atoms with E-state index < -0.39 is 0 Å². The Kier molecular flexibility index (Phi) is 3.70. The van der Waals surface area contributed by atoms with Crippen molar-refractivity contribution in [3.8, 4) is 0 Å². The predicted molar refractivity (Wildman–Crippen MR) is 62.5 cm³/mol. The van der Waals surface area contributed by atoms with Crippen molar-refractivity contribution in [2.45, 2.75) is 45.7 Å². The van der Waals surface area contributed by atoms with Crippen LogP contribution in [0.3, 0.4) is 0 Å². The van der Waals surface area contributed by atoms with Crippen molar-refractivity contribution in [1.82, 2.24) is 5.32 Å². The topological polar surface area (TPSA) is 12.0 Å². The van der Waals surface area contributed by atoms with Crippen LogP contribution in [0.2, 0.25) is 0 Å². The van der Waals surface area contributed by atoms with Crippen molar-refractivity contribution >= 4 is 0 Å². The van der Waals surface area contributed by atoms with E-state index in [9.17, 15) is 0 Å². The number of hydrogen-bond donors (Lipinski definition) is 1. The second kappa shape index (κ2) is 4.61. The van der Waals surface area contributed by atoms with Gasteiger partial charge in [-0.15, -0.1) is 0 Å². The van der Waals surface area contributed by atoms with E-state index in [0.29, 0.717) is 6.04 Å². The normalized spacial score (nSPS) is 12.1. The van der Waals surface area contributed by atoms with E-state index in [2.05, 4.69) is 63.3 Å². The summed E-state index contributed by atoms with van der Waals surface area (Å²) in [4.78, 5) is 0. The minimum Gasteiger partial charge on any atom is -0.309 e. The zero-order valence-electron chi connectivity index (χ0n) is 9.67. The summed E-state index contributed by atoms with van der Waals surface area (Å²) in [7, 11) is 0. The lowest BCUT2D eigenvalue weighted by Gasteiger charge is -2.29. The van der Waals surface area contributed by atoms with Gasteiger partial charge < -0.3 is 5.32 Å². The lowest BCUT2D eigenvalue weighted by atomic mass is 9.94. The van der Waals surface area contributed by atoms with Gasteiger partial charge in [-0.2, -0.15) is 0 Å². The van der Waals surface area contributed by atoms with E-state index >= 15 is 0 Å². The zero-order valence-corrected chi connectivity index (χ0v) is 9.67. The molecule has 0 aromatic heterocycles. The van der Waals surface area contributed by atoms with E-state index in [1.165, 1.54) is 5.56 Å². The Morgan fingerprint density at radius 3 is 2.21 bits per heavy atom. The fourth-order valence-corrected chi connectivity index (χ4v) is 1.94. The molecule has 0 aliphatic carbocycles. The van der Waals surface area contributed by atoms with E-state index in [0.717, 1.165) is 6.42 Å². The molecule has 1 heteroatoms. The van der Waals surface area contributed by atoms with Crippen LogP contribution >= 0.6 is 0 Å². The van der Waals surface area contributed by atoms with Gasteiger partial charge in [0.2, 0.25) is 0 Å². The first-order valence-electron chi connectivity index (χ1n) is 5.31. The molecular weight excluding hydrogens is 170 g/mol. The van der Waals surface area contributed by atoms with Crippen molar-refractivity contribution in [1.29, 1.82) is 0 Å². The third-order valence-electron chi connectivity index (χ3n) is 2.17. The van der Waals surface area contributed by atoms with Gasteiger partial charge >= 0.3 is 0 Å². The highest BCUT2D eigenvalue weighted by Gasteiger charge is 2.18. The van der Waals surface area contributed by atoms with E-state index in [1.54, 1.807) is 0 Å². The summed E-state index contributed by atoms with van der Waals surface area (Å²) in [5, 5.41) is 3.57. The molecule has 78 valence electrons. The second-order valence-corrected chi connectivity index (χ2v) is 4.85. The second-order valence-electron chi connectivity index (χ2n) is 4.85. The minimum atomic E-state index is 0.176. The molecule has 0 spiro atoms.